The molecule has 4 aromatic heterocycles. The van der Waals surface area contributed by atoms with Gasteiger partial charge in [-0.25, -0.2) is 29.4 Å². The number of aryl methyl sites for hydroxylation is 2. The van der Waals surface area contributed by atoms with Crippen molar-refractivity contribution in [2.45, 2.75) is 45.1 Å². The monoisotopic (exact) mass is 787 g/mol. The van der Waals surface area contributed by atoms with Gasteiger partial charge in [0.05, 0.1) is 39.8 Å². The normalized spacial score (nSPS) is 12.7. The number of para-hydroxylation sites is 1. The number of benzene rings is 3. The molecule has 5 heterocycles. The summed E-state index contributed by atoms with van der Waals surface area (Å²) in [7, 11) is 4.17. The van der Waals surface area contributed by atoms with Gasteiger partial charge >= 0.3 is 5.97 Å². The lowest BCUT2D eigenvalue weighted by Gasteiger charge is -2.29. The molecule has 286 valence electrons. The number of anilines is 2. The van der Waals surface area contributed by atoms with Crippen molar-refractivity contribution in [2.75, 3.05) is 44.0 Å². The Kier molecular flexibility index (Phi) is 11.0. The molecular formula is C41H41N9O4S2. The van der Waals surface area contributed by atoms with Gasteiger partial charge in [0, 0.05) is 23.5 Å². The number of carbonyl (C=O) groups is 2. The fraction of sp³-hybridized carbons (Fsp3) is 0.293. The van der Waals surface area contributed by atoms with Crippen LogP contribution in [-0.2, 0) is 25.8 Å². The Morgan fingerprint density at radius 2 is 1.80 bits per heavy atom. The summed E-state index contributed by atoms with van der Waals surface area (Å²) in [6, 6.07) is 21.3. The van der Waals surface area contributed by atoms with Crippen molar-refractivity contribution in [3.05, 3.63) is 112 Å². The molecule has 56 heavy (non-hydrogen) atoms. The van der Waals surface area contributed by atoms with Crippen LogP contribution in [0.3, 0.4) is 0 Å². The Bertz CT molecular complexity index is 2480. The number of nitrogens with zero attached hydrogens (tertiary/aromatic N) is 8. The Morgan fingerprint density at radius 1 is 0.946 bits per heavy atom. The summed E-state index contributed by atoms with van der Waals surface area (Å²) in [5, 5.41) is 19.8. The van der Waals surface area contributed by atoms with E-state index in [1.807, 2.05) is 77.6 Å². The van der Waals surface area contributed by atoms with Crippen LogP contribution in [0.1, 0.15) is 61.8 Å². The quantitative estimate of drug-likeness (QED) is 0.101. The molecule has 1 aliphatic heterocycles. The zero-order valence-electron chi connectivity index (χ0n) is 31.1. The van der Waals surface area contributed by atoms with E-state index in [1.165, 1.54) is 22.7 Å². The van der Waals surface area contributed by atoms with E-state index < -0.39 is 5.97 Å². The van der Waals surface area contributed by atoms with Crippen molar-refractivity contribution in [3.8, 4) is 11.4 Å². The molecule has 0 unspecified atom stereocenters. The van der Waals surface area contributed by atoms with Crippen molar-refractivity contribution < 1.29 is 19.4 Å². The first-order valence-corrected chi connectivity index (χ1v) is 20.2. The molecule has 0 fully saturated rings. The highest BCUT2D eigenvalue weighted by Crippen LogP contribution is 2.34. The number of aromatic carboxylic acids is 1. The van der Waals surface area contributed by atoms with Gasteiger partial charge in [0.2, 0.25) is 0 Å². The lowest BCUT2D eigenvalue weighted by Crippen LogP contribution is -2.32. The van der Waals surface area contributed by atoms with Crippen molar-refractivity contribution in [1.29, 1.82) is 0 Å². The first-order valence-electron chi connectivity index (χ1n) is 18.6. The van der Waals surface area contributed by atoms with Crippen LogP contribution in [0.5, 0.6) is 5.75 Å². The standard InChI is InChI=1S/C41H41N9O4S2/c1-48(2)20-6-5-11-32-30-23-44-50(37(30)43-25-42-32)27-15-17-28(18-16-27)54-22-8-14-35-36(39(52)53)46-41(56-35)49-21-19-26-9-7-10-29(31(26)24-49)38(51)47-40-45-33-12-3-4-13-34(33)55-40/h3-4,7,9-10,12-13,15-18,23,25H,5-6,8,11,14,19-22,24H2,1-2H3,(H,52,53)(H,45,47,51). The summed E-state index contributed by atoms with van der Waals surface area (Å²) in [4.78, 5) is 48.9. The highest BCUT2D eigenvalue weighted by atomic mass is 32.1. The molecule has 2 N–H and O–H groups in total. The second kappa shape index (κ2) is 16.5. The summed E-state index contributed by atoms with van der Waals surface area (Å²) < 4.78 is 8.89. The van der Waals surface area contributed by atoms with Crippen LogP contribution in [0.4, 0.5) is 10.3 Å². The van der Waals surface area contributed by atoms with E-state index in [0.717, 1.165) is 69.6 Å². The summed E-state index contributed by atoms with van der Waals surface area (Å²) in [6.07, 6.45) is 8.30. The number of unbranched alkanes of at least 4 members (excludes halogenated alkanes) is 1. The molecule has 0 radical (unpaired) electrons. The number of hydrogen-bond acceptors (Lipinski definition) is 12. The third kappa shape index (κ3) is 8.10. The highest BCUT2D eigenvalue weighted by molar-refractivity contribution is 7.22. The molecule has 0 spiro atoms. The molecule has 1 amide bonds. The molecule has 0 saturated carbocycles. The Labute approximate surface area is 331 Å². The molecule has 0 bridgehead atoms. The third-order valence-corrected chi connectivity index (χ3v) is 11.9. The minimum Gasteiger partial charge on any atom is -0.494 e. The number of carbonyl (C=O) groups excluding carboxylic acids is 1. The summed E-state index contributed by atoms with van der Waals surface area (Å²) in [5.41, 5.74) is 6.15. The molecule has 1 aliphatic rings. The number of amides is 1. The number of carboxylic acid groups (broad SMARTS) is 1. The zero-order valence-corrected chi connectivity index (χ0v) is 32.8. The molecular weight excluding hydrogens is 747 g/mol. The van der Waals surface area contributed by atoms with Crippen molar-refractivity contribution in [3.63, 3.8) is 0 Å². The molecule has 15 heteroatoms. The number of rotatable bonds is 15. The van der Waals surface area contributed by atoms with E-state index in [2.05, 4.69) is 54.2 Å². The number of aromatic nitrogens is 6. The molecule has 3 aromatic carbocycles. The minimum absolute atomic E-state index is 0.0639. The predicted molar refractivity (Wildman–Crippen MR) is 220 cm³/mol. The molecule has 0 saturated heterocycles. The number of thiazole rings is 2. The number of nitrogens with one attached hydrogen (secondary N) is 1. The smallest absolute Gasteiger partial charge is 0.355 e. The number of ether oxygens (including phenoxy) is 1. The summed E-state index contributed by atoms with van der Waals surface area (Å²) >= 11 is 2.83. The van der Waals surface area contributed by atoms with Crippen LogP contribution in [0, 0.1) is 0 Å². The van der Waals surface area contributed by atoms with E-state index >= 15 is 0 Å². The number of carboxylic acids is 1. The molecule has 0 atom stereocenters. The maximum atomic E-state index is 13.5. The molecule has 8 rings (SSSR count). The molecule has 13 nitrogen and oxygen atoms in total. The first-order chi connectivity index (χ1) is 27.3. The Hall–Kier alpha value is -5.77. The van der Waals surface area contributed by atoms with E-state index in [4.69, 9.17) is 4.74 Å². The van der Waals surface area contributed by atoms with Crippen molar-refractivity contribution in [1.82, 2.24) is 34.6 Å². The van der Waals surface area contributed by atoms with Gasteiger partial charge < -0.3 is 19.6 Å². The Morgan fingerprint density at radius 3 is 2.62 bits per heavy atom. The van der Waals surface area contributed by atoms with Crippen LogP contribution in [0.15, 0.2) is 79.3 Å². The minimum atomic E-state index is -1.06. The van der Waals surface area contributed by atoms with Crippen LogP contribution in [-0.4, -0.2) is 85.4 Å². The lowest BCUT2D eigenvalue weighted by atomic mass is 9.94. The summed E-state index contributed by atoms with van der Waals surface area (Å²) in [5.74, 6) is -0.566. The van der Waals surface area contributed by atoms with Crippen molar-refractivity contribution >= 4 is 66.1 Å². The van der Waals surface area contributed by atoms with Crippen LogP contribution < -0.4 is 15.0 Å². The predicted octanol–water partition coefficient (Wildman–Crippen LogP) is 7.29. The largest absolute Gasteiger partial charge is 0.494 e. The van der Waals surface area contributed by atoms with Gasteiger partial charge in [-0.1, -0.05) is 35.6 Å². The van der Waals surface area contributed by atoms with Gasteiger partial charge in [-0.05, 0) is 113 Å². The topological polar surface area (TPSA) is 151 Å². The van der Waals surface area contributed by atoms with Crippen molar-refractivity contribution in [2.24, 2.45) is 0 Å². The highest BCUT2D eigenvalue weighted by Gasteiger charge is 2.27. The number of hydrogen-bond donors (Lipinski definition) is 2. The Balaban J connectivity index is 0.882. The van der Waals surface area contributed by atoms with Gasteiger partial charge in [-0.15, -0.1) is 11.3 Å². The third-order valence-electron chi connectivity index (χ3n) is 9.81. The maximum absolute atomic E-state index is 13.5. The van der Waals surface area contributed by atoms with E-state index in [0.29, 0.717) is 65.4 Å². The van der Waals surface area contributed by atoms with Crippen LogP contribution in [0.25, 0.3) is 26.9 Å². The van der Waals surface area contributed by atoms with E-state index in [9.17, 15) is 14.7 Å². The van der Waals surface area contributed by atoms with Crippen LogP contribution >= 0.6 is 22.7 Å². The maximum Gasteiger partial charge on any atom is 0.355 e. The molecule has 0 aliphatic carbocycles. The molecule has 7 aromatic rings. The van der Waals surface area contributed by atoms with Gasteiger partial charge in [0.25, 0.3) is 5.91 Å². The van der Waals surface area contributed by atoms with Crippen LogP contribution in [0.2, 0.25) is 0 Å². The van der Waals surface area contributed by atoms with E-state index in [-0.39, 0.29) is 11.6 Å². The van der Waals surface area contributed by atoms with Gasteiger partial charge in [-0.2, -0.15) is 5.10 Å². The number of fused-ring (bicyclic) bond motifs is 3. The second-order valence-electron chi connectivity index (χ2n) is 13.9. The van der Waals surface area contributed by atoms with E-state index in [1.54, 1.807) is 6.33 Å². The fourth-order valence-electron chi connectivity index (χ4n) is 6.97. The second-order valence-corrected chi connectivity index (χ2v) is 16.0. The fourth-order valence-corrected chi connectivity index (χ4v) is 8.94. The first kappa shape index (κ1) is 37.2. The summed E-state index contributed by atoms with van der Waals surface area (Å²) in [6.45, 7) is 2.57. The lowest BCUT2D eigenvalue weighted by molar-refractivity contribution is 0.0690. The van der Waals surface area contributed by atoms with Gasteiger partial charge in [0.1, 0.15) is 12.1 Å². The average molecular weight is 788 g/mol. The zero-order chi connectivity index (χ0) is 38.6. The SMILES string of the molecule is CN(C)CCCCc1ncnc2c1cnn2-c1ccc(OCCCc2sc(N3CCc4cccc(C(=O)Nc5nc6ccccc6s5)c4C3)nc2C(=O)O)cc1. The van der Waals surface area contributed by atoms with Gasteiger partial charge in [0.15, 0.2) is 21.6 Å². The van der Waals surface area contributed by atoms with Gasteiger partial charge in [-0.3, -0.25) is 10.1 Å². The average Bonchev–Trinajstić information content (AvgIpc) is 3.95.